The fourth-order valence-corrected chi connectivity index (χ4v) is 3.87. The second kappa shape index (κ2) is 12.9. The third kappa shape index (κ3) is 8.78. The minimum Gasteiger partial charge on any atom is -0.375 e. The molecular formula is C29H41N9. The number of nitrogens with one attached hydrogen (secondary N) is 3. The van der Waals surface area contributed by atoms with Crippen LogP contribution in [0.1, 0.15) is 45.2 Å². The summed E-state index contributed by atoms with van der Waals surface area (Å²) in [6.45, 7) is 21.5. The van der Waals surface area contributed by atoms with Crippen molar-refractivity contribution >= 4 is 29.2 Å². The number of aryl methyl sites for hydroxylation is 2. The van der Waals surface area contributed by atoms with Gasteiger partial charge in [0.05, 0.1) is 12.0 Å². The van der Waals surface area contributed by atoms with E-state index in [1.54, 1.807) is 6.20 Å². The van der Waals surface area contributed by atoms with E-state index in [1.165, 1.54) is 0 Å². The van der Waals surface area contributed by atoms with Gasteiger partial charge >= 0.3 is 0 Å². The van der Waals surface area contributed by atoms with E-state index in [1.807, 2.05) is 39.5 Å². The smallest absolute Gasteiger partial charge is 0.233 e. The molecule has 0 unspecified atom stereocenters. The summed E-state index contributed by atoms with van der Waals surface area (Å²) in [5.41, 5.74) is 7.86. The fourth-order valence-electron chi connectivity index (χ4n) is 3.87. The van der Waals surface area contributed by atoms with Gasteiger partial charge in [-0.05, 0) is 37.3 Å². The van der Waals surface area contributed by atoms with Gasteiger partial charge in [-0.15, -0.1) is 5.73 Å². The van der Waals surface area contributed by atoms with E-state index >= 15 is 0 Å². The normalized spacial score (nSPS) is 11.0. The van der Waals surface area contributed by atoms with Gasteiger partial charge in [-0.2, -0.15) is 15.0 Å². The predicted octanol–water partition coefficient (Wildman–Crippen LogP) is 5.40. The SMILES string of the molecule is C=C=C(NCC(=C)C)c1ccc(C)c(Nc2nc(NCCCn3ccnc3)nc(N(C)CC(C)(C)C)n2)c1. The van der Waals surface area contributed by atoms with Crippen LogP contribution >= 0.6 is 0 Å². The summed E-state index contributed by atoms with van der Waals surface area (Å²) in [5.74, 6) is 1.62. The molecule has 202 valence electrons. The van der Waals surface area contributed by atoms with E-state index in [0.717, 1.165) is 54.1 Å². The van der Waals surface area contributed by atoms with Crippen LogP contribution in [0, 0.1) is 12.3 Å². The minimum absolute atomic E-state index is 0.0858. The van der Waals surface area contributed by atoms with Crippen LogP contribution in [-0.4, -0.2) is 51.2 Å². The van der Waals surface area contributed by atoms with Crippen molar-refractivity contribution in [2.24, 2.45) is 5.41 Å². The second-order valence-electron chi connectivity index (χ2n) is 10.8. The zero-order chi connectivity index (χ0) is 27.7. The van der Waals surface area contributed by atoms with Crippen LogP contribution in [0.25, 0.3) is 5.70 Å². The molecule has 9 heteroatoms. The molecule has 0 bridgehead atoms. The van der Waals surface area contributed by atoms with E-state index < -0.39 is 0 Å². The monoisotopic (exact) mass is 515 g/mol. The Balaban J connectivity index is 1.84. The first-order chi connectivity index (χ1) is 18.0. The van der Waals surface area contributed by atoms with E-state index in [-0.39, 0.29) is 5.41 Å². The molecule has 0 radical (unpaired) electrons. The molecule has 0 aliphatic rings. The molecule has 0 aliphatic heterocycles. The highest BCUT2D eigenvalue weighted by Crippen LogP contribution is 2.25. The van der Waals surface area contributed by atoms with Crippen molar-refractivity contribution in [1.82, 2.24) is 29.8 Å². The molecule has 9 nitrogen and oxygen atoms in total. The van der Waals surface area contributed by atoms with Gasteiger partial charge < -0.3 is 25.4 Å². The standard InChI is InChI=1S/C29H41N9/c1-9-24(32-18-21(2)3)23-12-11-22(4)25(17-23)33-27-34-26(31-13-10-15-38-16-14-30-20-38)35-28(36-27)37(8)19-29(5,6)7/h11-12,14,16-17,20,32H,1-2,10,13,15,18-19H2,3-8H3,(H2,31,33,34,35,36). The average molecular weight is 516 g/mol. The summed E-state index contributed by atoms with van der Waals surface area (Å²) in [7, 11) is 2.01. The highest BCUT2D eigenvalue weighted by atomic mass is 15.3. The highest BCUT2D eigenvalue weighted by molar-refractivity contribution is 5.70. The maximum atomic E-state index is 4.76. The minimum atomic E-state index is 0.0858. The van der Waals surface area contributed by atoms with Gasteiger partial charge in [0.15, 0.2) is 0 Å². The van der Waals surface area contributed by atoms with E-state index in [9.17, 15) is 0 Å². The number of imidazole rings is 1. The largest absolute Gasteiger partial charge is 0.375 e. The molecule has 0 spiro atoms. The molecule has 38 heavy (non-hydrogen) atoms. The van der Waals surface area contributed by atoms with Crippen LogP contribution in [0.5, 0.6) is 0 Å². The molecule has 3 rings (SSSR count). The molecule has 2 heterocycles. The van der Waals surface area contributed by atoms with Crippen molar-refractivity contribution < 1.29 is 0 Å². The van der Waals surface area contributed by atoms with Crippen molar-refractivity contribution in [2.75, 3.05) is 42.2 Å². The Bertz CT molecular complexity index is 1270. The Labute approximate surface area is 226 Å². The molecule has 3 N–H and O–H groups in total. The first kappa shape index (κ1) is 28.5. The van der Waals surface area contributed by atoms with E-state index in [0.29, 0.717) is 24.4 Å². The predicted molar refractivity (Wildman–Crippen MR) is 158 cm³/mol. The Hall–Kier alpha value is -4.10. The summed E-state index contributed by atoms with van der Waals surface area (Å²) >= 11 is 0. The molecule has 1 aromatic carbocycles. The summed E-state index contributed by atoms with van der Waals surface area (Å²) in [6, 6.07) is 6.15. The number of nitrogens with zero attached hydrogens (tertiary/aromatic N) is 6. The average Bonchev–Trinajstić information content (AvgIpc) is 3.36. The number of aromatic nitrogens is 5. The molecule has 3 aromatic rings. The van der Waals surface area contributed by atoms with Crippen molar-refractivity contribution in [3.63, 3.8) is 0 Å². The van der Waals surface area contributed by atoms with Crippen LogP contribution in [-0.2, 0) is 6.54 Å². The number of hydrogen-bond acceptors (Lipinski definition) is 8. The summed E-state index contributed by atoms with van der Waals surface area (Å²) < 4.78 is 2.05. The van der Waals surface area contributed by atoms with Gasteiger partial charge in [0.2, 0.25) is 17.8 Å². The third-order valence-corrected chi connectivity index (χ3v) is 5.63. The van der Waals surface area contributed by atoms with Crippen molar-refractivity contribution in [1.29, 1.82) is 0 Å². The molecule has 0 aliphatic carbocycles. The fraction of sp³-hybridized carbons (Fsp3) is 0.414. The molecule has 0 fully saturated rings. The van der Waals surface area contributed by atoms with Crippen molar-refractivity contribution in [3.8, 4) is 0 Å². The number of hydrogen-bond donors (Lipinski definition) is 3. The maximum absolute atomic E-state index is 4.76. The Morgan fingerprint density at radius 3 is 2.58 bits per heavy atom. The van der Waals surface area contributed by atoms with Crippen LogP contribution < -0.4 is 20.9 Å². The molecule has 0 saturated heterocycles. The molecular weight excluding hydrogens is 474 g/mol. The molecule has 0 atom stereocenters. The lowest BCUT2D eigenvalue weighted by Crippen LogP contribution is -2.31. The van der Waals surface area contributed by atoms with E-state index in [4.69, 9.17) is 9.97 Å². The van der Waals surface area contributed by atoms with Gasteiger partial charge in [0.1, 0.15) is 0 Å². The lowest BCUT2D eigenvalue weighted by molar-refractivity contribution is 0.416. The highest BCUT2D eigenvalue weighted by Gasteiger charge is 2.18. The van der Waals surface area contributed by atoms with E-state index in [2.05, 4.69) is 87.2 Å². The lowest BCUT2D eigenvalue weighted by Gasteiger charge is -2.27. The second-order valence-corrected chi connectivity index (χ2v) is 10.8. The summed E-state index contributed by atoms with van der Waals surface area (Å²) in [6.07, 6.45) is 6.48. The van der Waals surface area contributed by atoms with Gasteiger partial charge in [0, 0.05) is 56.9 Å². The number of benzene rings is 1. The zero-order valence-corrected chi connectivity index (χ0v) is 23.6. The Morgan fingerprint density at radius 2 is 1.92 bits per heavy atom. The number of anilines is 4. The number of rotatable bonds is 13. The van der Waals surface area contributed by atoms with Crippen LogP contribution in [0.3, 0.4) is 0 Å². The molecule has 0 amide bonds. The van der Waals surface area contributed by atoms with Crippen LogP contribution in [0.15, 0.2) is 61.4 Å². The van der Waals surface area contributed by atoms with Gasteiger partial charge in [-0.3, -0.25) is 0 Å². The topological polar surface area (TPSA) is 95.8 Å². The Morgan fingerprint density at radius 1 is 1.16 bits per heavy atom. The Kier molecular flexibility index (Phi) is 9.68. The van der Waals surface area contributed by atoms with Crippen LogP contribution in [0.2, 0.25) is 0 Å². The molecule has 0 saturated carbocycles. The van der Waals surface area contributed by atoms with Gasteiger partial charge in [-0.1, -0.05) is 51.6 Å². The van der Waals surface area contributed by atoms with Gasteiger partial charge in [-0.25, -0.2) is 4.98 Å². The summed E-state index contributed by atoms with van der Waals surface area (Å²) in [5, 5.41) is 10.1. The maximum Gasteiger partial charge on any atom is 0.233 e. The van der Waals surface area contributed by atoms with Crippen molar-refractivity contribution in [3.05, 3.63) is 72.5 Å². The quantitative estimate of drug-likeness (QED) is 0.158. The van der Waals surface area contributed by atoms with Gasteiger partial charge in [0.25, 0.3) is 0 Å². The third-order valence-electron chi connectivity index (χ3n) is 5.63. The molecule has 2 aromatic heterocycles. The first-order valence-electron chi connectivity index (χ1n) is 12.9. The summed E-state index contributed by atoms with van der Waals surface area (Å²) in [4.78, 5) is 20.3. The lowest BCUT2D eigenvalue weighted by atomic mass is 9.96. The zero-order valence-electron chi connectivity index (χ0n) is 23.6. The first-order valence-corrected chi connectivity index (χ1v) is 12.9. The van der Waals surface area contributed by atoms with Crippen molar-refractivity contribution in [2.45, 2.75) is 47.6 Å². The van der Waals surface area contributed by atoms with Crippen LogP contribution in [0.4, 0.5) is 23.5 Å².